The molecule has 0 saturated carbocycles. The minimum atomic E-state index is -0.540. The molecule has 11 heavy (non-hydrogen) atoms. The molecule has 0 saturated heterocycles. The van der Waals surface area contributed by atoms with Gasteiger partial charge in [-0.25, -0.2) is 0 Å². The van der Waals surface area contributed by atoms with Gasteiger partial charge >= 0.3 is 0 Å². The Morgan fingerprint density at radius 1 is 1.27 bits per heavy atom. The van der Waals surface area contributed by atoms with Gasteiger partial charge in [-0.3, -0.25) is 4.79 Å². The Balaban J connectivity index is 3.96. The van der Waals surface area contributed by atoms with Crippen LogP contribution < -0.4 is 5.73 Å². The number of aliphatic hydroxyl groups excluding tert-OH is 2. The lowest BCUT2D eigenvalue weighted by Crippen LogP contribution is -2.08. The molecule has 0 aliphatic heterocycles. The Morgan fingerprint density at radius 2 is 1.73 bits per heavy atom. The van der Waals surface area contributed by atoms with Crippen LogP contribution in [0, 0.1) is 0 Å². The van der Waals surface area contributed by atoms with Gasteiger partial charge in [-0.1, -0.05) is 5.57 Å². The lowest BCUT2D eigenvalue weighted by Gasteiger charge is -2.00. The summed E-state index contributed by atoms with van der Waals surface area (Å²) in [4.78, 5) is 10.3. The highest BCUT2D eigenvalue weighted by Gasteiger charge is 1.97. The normalized spacial score (nSPS) is 9.27. The predicted molar refractivity (Wildman–Crippen MR) is 40.7 cm³/mol. The van der Waals surface area contributed by atoms with Crippen LogP contribution in [0.5, 0.6) is 0 Å². The number of primary amides is 1. The molecule has 0 aromatic heterocycles. The van der Waals surface area contributed by atoms with Crippen molar-refractivity contribution >= 4 is 5.91 Å². The van der Waals surface area contributed by atoms with E-state index in [0.29, 0.717) is 18.4 Å². The number of nitrogens with two attached hydrogens (primary N) is 1. The van der Waals surface area contributed by atoms with Crippen LogP contribution in [0.15, 0.2) is 11.6 Å². The summed E-state index contributed by atoms with van der Waals surface area (Å²) in [5, 5.41) is 17.0. The fourth-order valence-corrected chi connectivity index (χ4v) is 0.758. The molecular weight excluding hydrogens is 146 g/mol. The predicted octanol–water partition coefficient (Wildman–Crippen LogP) is -0.837. The summed E-state index contributed by atoms with van der Waals surface area (Å²) in [5.41, 5.74) is 5.56. The Hall–Kier alpha value is -0.870. The van der Waals surface area contributed by atoms with E-state index in [1.54, 1.807) is 0 Å². The highest BCUT2D eigenvalue weighted by molar-refractivity contribution is 5.86. The standard InChI is InChI=1S/C7H13NO3/c8-7(11)5-6(1-3-9)2-4-10/h5,9-10H,1-4H2,(H2,8,11). The van der Waals surface area contributed by atoms with Crippen molar-refractivity contribution in [3.8, 4) is 0 Å². The zero-order valence-corrected chi connectivity index (χ0v) is 6.29. The van der Waals surface area contributed by atoms with E-state index in [1.165, 1.54) is 6.08 Å². The Morgan fingerprint density at radius 3 is 2.00 bits per heavy atom. The Bertz CT molecular complexity index is 146. The van der Waals surface area contributed by atoms with E-state index in [0.717, 1.165) is 0 Å². The van der Waals surface area contributed by atoms with Crippen LogP contribution in [-0.2, 0) is 4.79 Å². The number of hydrogen-bond donors (Lipinski definition) is 3. The van der Waals surface area contributed by atoms with E-state index in [2.05, 4.69) is 0 Å². The quantitative estimate of drug-likeness (QED) is 0.457. The van der Waals surface area contributed by atoms with Crippen LogP contribution in [0.25, 0.3) is 0 Å². The summed E-state index contributed by atoms with van der Waals surface area (Å²) in [5.74, 6) is -0.540. The van der Waals surface area contributed by atoms with Crippen LogP contribution in [0.3, 0.4) is 0 Å². The van der Waals surface area contributed by atoms with E-state index < -0.39 is 5.91 Å². The van der Waals surface area contributed by atoms with Gasteiger partial charge in [0.05, 0.1) is 0 Å². The topological polar surface area (TPSA) is 83.6 Å². The first-order valence-corrected chi connectivity index (χ1v) is 3.41. The fourth-order valence-electron chi connectivity index (χ4n) is 0.758. The number of aliphatic hydroxyl groups is 2. The number of amides is 1. The molecule has 0 spiro atoms. The summed E-state index contributed by atoms with van der Waals surface area (Å²) < 4.78 is 0. The van der Waals surface area contributed by atoms with Crippen LogP contribution in [-0.4, -0.2) is 29.3 Å². The summed E-state index contributed by atoms with van der Waals surface area (Å²) in [6, 6.07) is 0. The van der Waals surface area contributed by atoms with Crippen molar-refractivity contribution in [2.45, 2.75) is 12.8 Å². The molecule has 0 heterocycles. The van der Waals surface area contributed by atoms with Crippen LogP contribution in [0.4, 0.5) is 0 Å². The highest BCUT2D eigenvalue weighted by Crippen LogP contribution is 2.04. The number of carbonyl (C=O) groups is 1. The van der Waals surface area contributed by atoms with E-state index >= 15 is 0 Å². The molecule has 0 rings (SSSR count). The third-order valence-electron chi connectivity index (χ3n) is 1.21. The zero-order chi connectivity index (χ0) is 8.69. The summed E-state index contributed by atoms with van der Waals surface area (Å²) in [7, 11) is 0. The third kappa shape index (κ3) is 5.57. The smallest absolute Gasteiger partial charge is 0.241 e. The molecular formula is C7H13NO3. The third-order valence-corrected chi connectivity index (χ3v) is 1.21. The first-order chi connectivity index (χ1) is 5.20. The molecule has 4 heteroatoms. The van der Waals surface area contributed by atoms with Gasteiger partial charge in [0.2, 0.25) is 5.91 Å². The maximum Gasteiger partial charge on any atom is 0.241 e. The van der Waals surface area contributed by atoms with Crippen molar-refractivity contribution in [3.05, 3.63) is 11.6 Å². The minimum absolute atomic E-state index is 0.0287. The Kier molecular flexibility index (Phi) is 5.42. The first-order valence-electron chi connectivity index (χ1n) is 3.41. The average Bonchev–Trinajstić information content (AvgIpc) is 1.87. The van der Waals surface area contributed by atoms with Crippen molar-refractivity contribution < 1.29 is 15.0 Å². The molecule has 0 bridgehead atoms. The molecule has 0 fully saturated rings. The summed E-state index contributed by atoms with van der Waals surface area (Å²) in [6.45, 7) is -0.0573. The first kappa shape index (κ1) is 10.1. The molecule has 0 aliphatic rings. The van der Waals surface area contributed by atoms with Crippen molar-refractivity contribution in [2.75, 3.05) is 13.2 Å². The van der Waals surface area contributed by atoms with Gasteiger partial charge in [-0.2, -0.15) is 0 Å². The van der Waals surface area contributed by atoms with Gasteiger partial charge in [0, 0.05) is 19.3 Å². The van der Waals surface area contributed by atoms with Crippen LogP contribution in [0.1, 0.15) is 12.8 Å². The lowest BCUT2D eigenvalue weighted by atomic mass is 10.1. The number of rotatable bonds is 5. The van der Waals surface area contributed by atoms with Gasteiger partial charge in [0.1, 0.15) is 0 Å². The summed E-state index contributed by atoms with van der Waals surface area (Å²) >= 11 is 0. The second-order valence-corrected chi connectivity index (χ2v) is 2.15. The second kappa shape index (κ2) is 5.88. The van der Waals surface area contributed by atoms with Gasteiger partial charge < -0.3 is 15.9 Å². The van der Waals surface area contributed by atoms with Crippen molar-refractivity contribution in [2.24, 2.45) is 5.73 Å². The molecule has 4 N–H and O–H groups in total. The minimum Gasteiger partial charge on any atom is -0.396 e. The SMILES string of the molecule is NC(=O)C=C(CCO)CCO. The van der Waals surface area contributed by atoms with Gasteiger partial charge in [0.25, 0.3) is 0 Å². The monoisotopic (exact) mass is 159 g/mol. The van der Waals surface area contributed by atoms with Crippen molar-refractivity contribution in [1.29, 1.82) is 0 Å². The summed E-state index contributed by atoms with van der Waals surface area (Å²) in [6.07, 6.45) is 2.03. The second-order valence-electron chi connectivity index (χ2n) is 2.15. The van der Waals surface area contributed by atoms with Crippen molar-refractivity contribution in [1.82, 2.24) is 0 Å². The highest BCUT2D eigenvalue weighted by atomic mass is 16.3. The zero-order valence-electron chi connectivity index (χ0n) is 6.29. The van der Waals surface area contributed by atoms with E-state index in [9.17, 15) is 4.79 Å². The molecule has 64 valence electrons. The van der Waals surface area contributed by atoms with E-state index in [4.69, 9.17) is 15.9 Å². The maximum atomic E-state index is 10.3. The van der Waals surface area contributed by atoms with Gasteiger partial charge in [0.15, 0.2) is 0 Å². The number of carbonyl (C=O) groups excluding carboxylic acids is 1. The molecule has 0 atom stereocenters. The molecule has 4 nitrogen and oxygen atoms in total. The van der Waals surface area contributed by atoms with Gasteiger partial charge in [-0.05, 0) is 12.8 Å². The van der Waals surface area contributed by atoms with E-state index in [1.807, 2.05) is 0 Å². The van der Waals surface area contributed by atoms with Gasteiger partial charge in [-0.15, -0.1) is 0 Å². The maximum absolute atomic E-state index is 10.3. The Labute approximate surface area is 65.3 Å². The van der Waals surface area contributed by atoms with E-state index in [-0.39, 0.29) is 13.2 Å². The average molecular weight is 159 g/mol. The molecule has 0 aromatic carbocycles. The largest absolute Gasteiger partial charge is 0.396 e. The number of hydrogen-bond acceptors (Lipinski definition) is 3. The van der Waals surface area contributed by atoms with Crippen molar-refractivity contribution in [3.63, 3.8) is 0 Å². The fraction of sp³-hybridized carbons (Fsp3) is 0.571. The molecule has 0 aliphatic carbocycles. The van der Waals surface area contributed by atoms with Crippen LogP contribution in [0.2, 0.25) is 0 Å². The lowest BCUT2D eigenvalue weighted by molar-refractivity contribution is -0.113. The molecule has 0 aromatic rings. The van der Waals surface area contributed by atoms with Crippen LogP contribution >= 0.6 is 0 Å². The molecule has 1 amide bonds. The molecule has 0 unspecified atom stereocenters. The molecule has 0 radical (unpaired) electrons.